The predicted octanol–water partition coefficient (Wildman–Crippen LogP) is 5.52. The first-order valence-corrected chi connectivity index (χ1v) is 14.8. The molecule has 8 nitrogen and oxygen atoms in total. The van der Waals surface area contributed by atoms with Crippen molar-refractivity contribution in [2.75, 3.05) is 36.5 Å². The van der Waals surface area contributed by atoms with E-state index in [1.807, 2.05) is 42.6 Å². The van der Waals surface area contributed by atoms with Crippen LogP contribution in [0.2, 0.25) is 5.02 Å². The van der Waals surface area contributed by atoms with Gasteiger partial charge in [-0.15, -0.1) is 0 Å². The summed E-state index contributed by atoms with van der Waals surface area (Å²) in [5.74, 6) is 1.20. The molecule has 0 radical (unpaired) electrons. The zero-order chi connectivity index (χ0) is 27.9. The number of carbonyl (C=O) groups is 2. The number of amides is 1. The highest BCUT2D eigenvalue weighted by Gasteiger charge is 2.37. The number of ketones is 1. The van der Waals surface area contributed by atoms with Gasteiger partial charge in [-0.05, 0) is 82.6 Å². The molecule has 2 aromatic heterocycles. The highest BCUT2D eigenvalue weighted by molar-refractivity contribution is 6.30. The lowest BCUT2D eigenvalue weighted by Gasteiger charge is -2.37. The fourth-order valence-electron chi connectivity index (χ4n) is 6.62. The van der Waals surface area contributed by atoms with E-state index < -0.39 is 0 Å². The van der Waals surface area contributed by atoms with Crippen LogP contribution in [-0.2, 0) is 11.3 Å². The highest BCUT2D eigenvalue weighted by Crippen LogP contribution is 2.40. The summed E-state index contributed by atoms with van der Waals surface area (Å²) in [6.45, 7) is 5.09. The summed E-state index contributed by atoms with van der Waals surface area (Å²) < 4.78 is 1.73. The molecule has 210 valence electrons. The molecule has 0 bridgehead atoms. The summed E-state index contributed by atoms with van der Waals surface area (Å²) >= 11 is 6.00. The van der Waals surface area contributed by atoms with Crippen LogP contribution in [0, 0.1) is 5.41 Å². The van der Waals surface area contributed by atoms with Crippen LogP contribution >= 0.6 is 11.6 Å². The lowest BCUT2D eigenvalue weighted by Crippen LogP contribution is -2.40. The third kappa shape index (κ3) is 5.15. The van der Waals surface area contributed by atoms with E-state index >= 15 is 0 Å². The third-order valence-corrected chi connectivity index (χ3v) is 9.56. The van der Waals surface area contributed by atoms with Gasteiger partial charge in [-0.25, -0.2) is 9.67 Å². The first-order chi connectivity index (χ1) is 19.3. The van der Waals surface area contributed by atoms with Crippen LogP contribution in [0.15, 0.2) is 48.8 Å². The van der Waals surface area contributed by atoms with Crippen LogP contribution in [0.1, 0.15) is 67.9 Å². The van der Waals surface area contributed by atoms with Gasteiger partial charge in [0.05, 0.1) is 24.1 Å². The van der Waals surface area contributed by atoms with Gasteiger partial charge in [-0.3, -0.25) is 9.59 Å². The molecule has 1 saturated heterocycles. The van der Waals surface area contributed by atoms with Crippen LogP contribution in [0.25, 0.3) is 5.69 Å². The van der Waals surface area contributed by atoms with Gasteiger partial charge in [-0.1, -0.05) is 30.9 Å². The number of carbonyl (C=O) groups excluding carboxylic acids is 2. The number of aromatic nitrogens is 3. The molecule has 1 amide bonds. The summed E-state index contributed by atoms with van der Waals surface area (Å²) in [7, 11) is 2.20. The molecule has 1 atom stereocenters. The average Bonchev–Trinajstić information content (AvgIpc) is 3.70. The van der Waals surface area contributed by atoms with Crippen molar-refractivity contribution in [3.05, 3.63) is 65.1 Å². The Kier molecular flexibility index (Phi) is 7.40. The standard InChI is InChI=1S/C31H37ClN6O2/c1-22(39)31(13-4-3-5-14-31)15-17-35(2)27-12-16-36(21-27)28-11-10-26(18-33-28)37-19-23-20-38(34-29(23)30(37)40)25-8-6-24(32)7-9-25/h6-11,18,20,27H,3-5,12-17,19,21H2,1-2H3. The number of hydrogen-bond donors (Lipinski definition) is 0. The second kappa shape index (κ2) is 11.0. The van der Waals surface area contributed by atoms with Crippen molar-refractivity contribution >= 4 is 34.8 Å². The minimum Gasteiger partial charge on any atom is -0.355 e. The highest BCUT2D eigenvalue weighted by atomic mass is 35.5. The minimum atomic E-state index is -0.110. The van der Waals surface area contributed by atoms with Crippen LogP contribution in [0.3, 0.4) is 0 Å². The number of fused-ring (bicyclic) bond motifs is 1. The van der Waals surface area contributed by atoms with Crippen molar-refractivity contribution < 1.29 is 9.59 Å². The van der Waals surface area contributed by atoms with Crippen LogP contribution in [-0.4, -0.2) is 64.1 Å². The number of benzene rings is 1. The number of nitrogens with zero attached hydrogens (tertiary/aromatic N) is 6. The topological polar surface area (TPSA) is 74.6 Å². The number of anilines is 2. The van der Waals surface area contributed by atoms with Crippen molar-refractivity contribution in [3.63, 3.8) is 0 Å². The van der Waals surface area contributed by atoms with Gasteiger partial charge < -0.3 is 14.7 Å². The molecular weight excluding hydrogens is 524 g/mol. The Bertz CT molecular complexity index is 1380. The number of hydrogen-bond acceptors (Lipinski definition) is 6. The number of likely N-dealkylation sites (N-methyl/N-ethyl adjacent to an activating group) is 1. The quantitative estimate of drug-likeness (QED) is 0.361. The summed E-state index contributed by atoms with van der Waals surface area (Å²) in [6, 6.07) is 11.8. The molecule has 40 heavy (non-hydrogen) atoms. The Hall–Kier alpha value is -3.23. The Labute approximate surface area is 240 Å². The number of halogens is 1. The molecule has 2 fully saturated rings. The first-order valence-electron chi connectivity index (χ1n) is 14.4. The fourth-order valence-corrected chi connectivity index (χ4v) is 6.75. The molecule has 1 saturated carbocycles. The van der Waals surface area contributed by atoms with E-state index in [0.717, 1.165) is 68.1 Å². The lowest BCUT2D eigenvalue weighted by atomic mass is 9.69. The van der Waals surface area contributed by atoms with Crippen molar-refractivity contribution in [3.8, 4) is 5.69 Å². The molecule has 1 unspecified atom stereocenters. The van der Waals surface area contributed by atoms with Gasteiger partial charge in [0, 0.05) is 41.3 Å². The van der Waals surface area contributed by atoms with Gasteiger partial charge in [0.25, 0.3) is 5.91 Å². The third-order valence-electron chi connectivity index (χ3n) is 9.31. The number of rotatable bonds is 8. The van der Waals surface area contributed by atoms with Crippen molar-refractivity contribution in [1.29, 1.82) is 0 Å². The maximum Gasteiger partial charge on any atom is 0.279 e. The van der Waals surface area contributed by atoms with Gasteiger partial charge in [-0.2, -0.15) is 5.10 Å². The summed E-state index contributed by atoms with van der Waals surface area (Å²) in [6.07, 6.45) is 11.5. The van der Waals surface area contributed by atoms with E-state index in [9.17, 15) is 9.59 Å². The summed E-state index contributed by atoms with van der Waals surface area (Å²) in [4.78, 5) is 36.9. The second-order valence-corrected chi connectivity index (χ2v) is 12.1. The SMILES string of the molecule is CC(=O)C1(CCN(C)C2CCN(c3ccc(N4Cc5cn(-c6ccc(Cl)cc6)nc5C4=O)cn3)C2)CCCCC1. The fraction of sp³-hybridized carbons (Fsp3) is 0.484. The molecule has 6 rings (SSSR count). The molecule has 0 spiro atoms. The maximum atomic E-state index is 13.2. The minimum absolute atomic E-state index is 0.108. The normalized spacial score (nSPS) is 20.4. The van der Waals surface area contributed by atoms with Crippen molar-refractivity contribution in [1.82, 2.24) is 19.7 Å². The van der Waals surface area contributed by atoms with Gasteiger partial charge >= 0.3 is 0 Å². The van der Waals surface area contributed by atoms with E-state index in [2.05, 4.69) is 21.9 Å². The van der Waals surface area contributed by atoms with E-state index in [1.165, 1.54) is 19.3 Å². The molecule has 0 N–H and O–H groups in total. The van der Waals surface area contributed by atoms with Crippen molar-refractivity contribution in [2.45, 2.75) is 64.5 Å². The lowest BCUT2D eigenvalue weighted by molar-refractivity contribution is -0.129. The monoisotopic (exact) mass is 560 g/mol. The smallest absolute Gasteiger partial charge is 0.279 e. The first kappa shape index (κ1) is 27.0. The molecule has 4 heterocycles. The van der Waals surface area contributed by atoms with Gasteiger partial charge in [0.2, 0.25) is 0 Å². The Morgan fingerprint density at radius 2 is 1.85 bits per heavy atom. The van der Waals surface area contributed by atoms with Crippen molar-refractivity contribution in [2.24, 2.45) is 5.41 Å². The molecule has 1 aliphatic carbocycles. The molecule has 2 aliphatic heterocycles. The zero-order valence-corrected chi connectivity index (χ0v) is 24.1. The van der Waals surface area contributed by atoms with E-state index in [0.29, 0.717) is 29.1 Å². The van der Waals surface area contributed by atoms with Crippen LogP contribution < -0.4 is 9.80 Å². The number of pyridine rings is 1. The van der Waals surface area contributed by atoms with E-state index in [4.69, 9.17) is 16.6 Å². The molecular formula is C31H37ClN6O2. The number of Topliss-reactive ketones (excluding diaryl/α,β-unsaturated/α-hetero) is 1. The Balaban J connectivity index is 1.05. The Morgan fingerprint density at radius 3 is 2.52 bits per heavy atom. The maximum absolute atomic E-state index is 13.2. The summed E-state index contributed by atoms with van der Waals surface area (Å²) in [5.41, 5.74) is 2.91. The van der Waals surface area contributed by atoms with E-state index in [1.54, 1.807) is 22.7 Å². The average molecular weight is 561 g/mol. The van der Waals surface area contributed by atoms with Crippen LogP contribution in [0.4, 0.5) is 11.5 Å². The van der Waals surface area contributed by atoms with Crippen LogP contribution in [0.5, 0.6) is 0 Å². The molecule has 3 aliphatic rings. The predicted molar refractivity (Wildman–Crippen MR) is 157 cm³/mol. The zero-order valence-electron chi connectivity index (χ0n) is 23.4. The van der Waals surface area contributed by atoms with Gasteiger partial charge in [0.1, 0.15) is 11.6 Å². The molecule has 3 aromatic rings. The molecule has 9 heteroatoms. The van der Waals surface area contributed by atoms with E-state index in [-0.39, 0.29) is 11.3 Å². The largest absolute Gasteiger partial charge is 0.355 e. The molecule has 1 aromatic carbocycles. The Morgan fingerprint density at radius 1 is 1.10 bits per heavy atom. The second-order valence-electron chi connectivity index (χ2n) is 11.7. The summed E-state index contributed by atoms with van der Waals surface area (Å²) in [5, 5.41) is 5.20. The van der Waals surface area contributed by atoms with Gasteiger partial charge in [0.15, 0.2) is 5.69 Å².